The molecule has 2 amide bonds. The molecule has 0 spiro atoms. The van der Waals surface area contributed by atoms with Gasteiger partial charge in [0.1, 0.15) is 0 Å². The lowest BCUT2D eigenvalue weighted by Gasteiger charge is -2.19. The summed E-state index contributed by atoms with van der Waals surface area (Å²) in [7, 11) is 0. The zero-order valence-corrected chi connectivity index (χ0v) is 15.8. The number of aliphatic hydroxyl groups is 1. The summed E-state index contributed by atoms with van der Waals surface area (Å²) in [6, 6.07) is 16.5. The topological polar surface area (TPSA) is 66.8 Å². The van der Waals surface area contributed by atoms with Crippen LogP contribution in [0.3, 0.4) is 0 Å². The number of carbonyl (C=O) groups is 2. The highest BCUT2D eigenvalue weighted by atomic mass is 79.9. The van der Waals surface area contributed by atoms with Crippen LogP contribution < -0.4 is 0 Å². The normalized spacial score (nSPS) is 15.8. The molecule has 0 aromatic heterocycles. The van der Waals surface area contributed by atoms with E-state index in [1.807, 2.05) is 30.3 Å². The van der Waals surface area contributed by atoms with Crippen molar-refractivity contribution >= 4 is 27.7 Å². The minimum absolute atomic E-state index is 0.252. The quantitative estimate of drug-likeness (QED) is 0.406. The summed E-state index contributed by atoms with van der Waals surface area (Å²) in [6.45, 7) is 0.641. The summed E-state index contributed by atoms with van der Waals surface area (Å²) in [5, 5.41) is 10.1. The van der Waals surface area contributed by atoms with E-state index in [0.29, 0.717) is 37.1 Å². The first-order chi connectivity index (χ1) is 12.6. The lowest BCUT2D eigenvalue weighted by Crippen LogP contribution is -2.32. The van der Waals surface area contributed by atoms with Crippen LogP contribution in [0, 0.1) is 0 Å². The van der Waals surface area contributed by atoms with Gasteiger partial charge in [-0.3, -0.25) is 14.5 Å². The number of rotatable bonds is 8. The summed E-state index contributed by atoms with van der Waals surface area (Å²) in [4.78, 5) is 25.6. The van der Waals surface area contributed by atoms with Gasteiger partial charge in [0, 0.05) is 6.54 Å². The van der Waals surface area contributed by atoms with Crippen molar-refractivity contribution in [1.29, 1.82) is 0 Å². The molecule has 0 saturated carbocycles. The van der Waals surface area contributed by atoms with Crippen LogP contribution in [-0.4, -0.2) is 39.5 Å². The number of nitrogens with zero attached hydrogens (tertiary/aromatic N) is 1. The van der Waals surface area contributed by atoms with Crippen LogP contribution >= 0.6 is 15.9 Å². The van der Waals surface area contributed by atoms with Crippen LogP contribution in [0.25, 0.3) is 0 Å². The van der Waals surface area contributed by atoms with Gasteiger partial charge < -0.3 is 9.84 Å². The van der Waals surface area contributed by atoms with E-state index in [-0.39, 0.29) is 16.6 Å². The van der Waals surface area contributed by atoms with E-state index >= 15 is 0 Å². The lowest BCUT2D eigenvalue weighted by atomic mass is 10.1. The van der Waals surface area contributed by atoms with Gasteiger partial charge in [-0.1, -0.05) is 58.4 Å². The first kappa shape index (κ1) is 18.8. The van der Waals surface area contributed by atoms with Crippen molar-refractivity contribution in [2.24, 2.45) is 0 Å². The molecule has 1 aliphatic rings. The average Bonchev–Trinajstić information content (AvgIpc) is 2.92. The first-order valence-corrected chi connectivity index (χ1v) is 9.42. The Morgan fingerprint density at radius 2 is 1.54 bits per heavy atom. The summed E-state index contributed by atoms with van der Waals surface area (Å²) in [5.41, 5.74) is 1.90. The maximum atomic E-state index is 12.3. The minimum atomic E-state index is -0.961. The molecule has 1 N–H and O–H groups in total. The van der Waals surface area contributed by atoms with E-state index in [1.165, 1.54) is 4.90 Å². The van der Waals surface area contributed by atoms with Gasteiger partial charge in [0.2, 0.25) is 0 Å². The second-order valence-corrected chi connectivity index (χ2v) is 7.33. The van der Waals surface area contributed by atoms with Crippen LogP contribution in [0.15, 0.2) is 54.6 Å². The van der Waals surface area contributed by atoms with E-state index in [9.17, 15) is 14.7 Å². The number of aliphatic hydroxyl groups excluding tert-OH is 1. The van der Waals surface area contributed by atoms with Crippen LogP contribution in [0.4, 0.5) is 0 Å². The zero-order chi connectivity index (χ0) is 18.5. The summed E-state index contributed by atoms with van der Waals surface area (Å²) < 4.78 is 5.47. The fourth-order valence-corrected chi connectivity index (χ4v) is 3.37. The van der Waals surface area contributed by atoms with Gasteiger partial charge in [0.15, 0.2) is 6.29 Å². The molecule has 2 aromatic rings. The van der Waals surface area contributed by atoms with Gasteiger partial charge in [0.05, 0.1) is 22.6 Å². The molecule has 2 atom stereocenters. The summed E-state index contributed by atoms with van der Waals surface area (Å²) in [5.74, 6) is -0.504. The molecule has 1 aliphatic heterocycles. The molecule has 2 unspecified atom stereocenters. The number of alkyl halides is 1. The smallest absolute Gasteiger partial charge is 0.261 e. The third-order valence-corrected chi connectivity index (χ3v) is 5.22. The molecule has 2 aromatic carbocycles. The Labute approximate surface area is 160 Å². The van der Waals surface area contributed by atoms with Gasteiger partial charge in [-0.25, -0.2) is 0 Å². The average molecular weight is 418 g/mol. The molecular weight excluding hydrogens is 398 g/mol. The Kier molecular flexibility index (Phi) is 6.19. The van der Waals surface area contributed by atoms with Crippen LogP contribution in [0.5, 0.6) is 0 Å². The number of ether oxygens (including phenoxy) is 1. The van der Waals surface area contributed by atoms with E-state index < -0.39 is 6.29 Å². The second kappa shape index (κ2) is 8.58. The molecule has 136 valence electrons. The van der Waals surface area contributed by atoms with Crippen molar-refractivity contribution in [2.75, 3.05) is 6.54 Å². The maximum Gasteiger partial charge on any atom is 0.261 e. The van der Waals surface area contributed by atoms with Crippen molar-refractivity contribution in [3.63, 3.8) is 0 Å². The number of benzene rings is 2. The number of hydrogen-bond donors (Lipinski definition) is 1. The number of amides is 2. The van der Waals surface area contributed by atoms with E-state index in [2.05, 4.69) is 15.9 Å². The molecule has 6 heteroatoms. The van der Waals surface area contributed by atoms with Gasteiger partial charge in [0.25, 0.3) is 11.8 Å². The molecule has 0 aliphatic carbocycles. The highest BCUT2D eigenvalue weighted by Crippen LogP contribution is 2.23. The highest BCUT2D eigenvalue weighted by molar-refractivity contribution is 9.09. The molecule has 0 bridgehead atoms. The number of carbonyl (C=O) groups excluding carboxylic acids is 2. The third kappa shape index (κ3) is 4.20. The van der Waals surface area contributed by atoms with Crippen LogP contribution in [-0.2, 0) is 11.3 Å². The van der Waals surface area contributed by atoms with Crippen molar-refractivity contribution in [1.82, 2.24) is 4.90 Å². The minimum Gasteiger partial charge on any atom is -0.367 e. The molecule has 0 radical (unpaired) electrons. The summed E-state index contributed by atoms with van der Waals surface area (Å²) >= 11 is 3.42. The Morgan fingerprint density at radius 3 is 2.15 bits per heavy atom. The van der Waals surface area contributed by atoms with Crippen molar-refractivity contribution in [3.05, 3.63) is 71.3 Å². The highest BCUT2D eigenvalue weighted by Gasteiger charge is 2.34. The van der Waals surface area contributed by atoms with Crippen molar-refractivity contribution < 1.29 is 19.4 Å². The Bertz CT molecular complexity index is 745. The van der Waals surface area contributed by atoms with Crippen molar-refractivity contribution in [2.45, 2.75) is 30.6 Å². The van der Waals surface area contributed by atoms with Crippen LogP contribution in [0.2, 0.25) is 0 Å². The SMILES string of the molecule is O=C1c2ccccc2C(=O)N1CCCC(Br)C(O)OCc1ccccc1. The summed E-state index contributed by atoms with van der Waals surface area (Å²) in [6.07, 6.45) is 0.189. The number of fused-ring (bicyclic) bond motifs is 1. The Balaban J connectivity index is 1.44. The predicted molar refractivity (Wildman–Crippen MR) is 101 cm³/mol. The largest absolute Gasteiger partial charge is 0.367 e. The van der Waals surface area contributed by atoms with Gasteiger partial charge in [-0.05, 0) is 30.5 Å². The predicted octanol–water partition coefficient (Wildman–Crippen LogP) is 3.36. The first-order valence-electron chi connectivity index (χ1n) is 8.51. The standard InChI is InChI=1S/C20H20BrNO4/c21-17(20(25)26-13-14-7-2-1-3-8-14)11-6-12-22-18(23)15-9-4-5-10-16(15)19(22)24/h1-5,7-10,17,20,25H,6,11-13H2. The Hall–Kier alpha value is -2.02. The van der Waals surface area contributed by atoms with E-state index in [4.69, 9.17) is 4.74 Å². The van der Waals surface area contributed by atoms with E-state index in [1.54, 1.807) is 24.3 Å². The molecule has 3 rings (SSSR count). The molecule has 1 heterocycles. The fourth-order valence-electron chi connectivity index (χ4n) is 2.89. The number of halogens is 1. The van der Waals surface area contributed by atoms with Crippen LogP contribution in [0.1, 0.15) is 39.1 Å². The fraction of sp³-hybridized carbons (Fsp3) is 0.300. The number of hydrogen-bond acceptors (Lipinski definition) is 4. The molecular formula is C20H20BrNO4. The van der Waals surface area contributed by atoms with Crippen molar-refractivity contribution in [3.8, 4) is 0 Å². The maximum absolute atomic E-state index is 12.3. The third-order valence-electron chi connectivity index (χ3n) is 4.31. The molecule has 26 heavy (non-hydrogen) atoms. The molecule has 0 fully saturated rings. The second-order valence-electron chi connectivity index (χ2n) is 6.15. The monoisotopic (exact) mass is 417 g/mol. The number of imide groups is 1. The molecule has 0 saturated heterocycles. The zero-order valence-electron chi connectivity index (χ0n) is 14.2. The lowest BCUT2D eigenvalue weighted by molar-refractivity contribution is -0.107. The van der Waals surface area contributed by atoms with Gasteiger partial charge >= 0.3 is 0 Å². The Morgan fingerprint density at radius 1 is 0.962 bits per heavy atom. The van der Waals surface area contributed by atoms with Gasteiger partial charge in [-0.2, -0.15) is 0 Å². The van der Waals surface area contributed by atoms with E-state index in [0.717, 1.165) is 5.56 Å². The van der Waals surface area contributed by atoms with Gasteiger partial charge in [-0.15, -0.1) is 0 Å². The molecule has 5 nitrogen and oxygen atoms in total.